The summed E-state index contributed by atoms with van der Waals surface area (Å²) in [6.45, 7) is 1.82. The van der Waals surface area contributed by atoms with Crippen molar-refractivity contribution in [2.75, 3.05) is 29.9 Å². The summed E-state index contributed by atoms with van der Waals surface area (Å²) < 4.78 is 28.2. The van der Waals surface area contributed by atoms with Crippen LogP contribution in [0.3, 0.4) is 0 Å². The van der Waals surface area contributed by atoms with Crippen molar-refractivity contribution in [3.8, 4) is 0 Å². The number of carbonyl (C=O) groups is 2. The van der Waals surface area contributed by atoms with Gasteiger partial charge in [-0.15, -0.1) is 23.2 Å². The summed E-state index contributed by atoms with van der Waals surface area (Å²) in [6.07, 6.45) is 0.902. The summed E-state index contributed by atoms with van der Waals surface area (Å²) in [6, 6.07) is -0.817. The van der Waals surface area contributed by atoms with Crippen molar-refractivity contribution < 1.29 is 22.7 Å². The van der Waals surface area contributed by atoms with Crippen LogP contribution < -0.4 is 0 Å². The molecule has 6 nitrogen and oxygen atoms in total. The first-order chi connectivity index (χ1) is 9.84. The second-order valence-electron chi connectivity index (χ2n) is 4.87. The van der Waals surface area contributed by atoms with Gasteiger partial charge in [0.2, 0.25) is 5.91 Å². The van der Waals surface area contributed by atoms with E-state index in [1.165, 1.54) is 4.90 Å². The van der Waals surface area contributed by atoms with Crippen LogP contribution in [-0.2, 0) is 24.2 Å². The Morgan fingerprint density at radius 2 is 2.00 bits per heavy atom. The van der Waals surface area contributed by atoms with Gasteiger partial charge in [-0.25, -0.2) is 8.42 Å². The van der Waals surface area contributed by atoms with Gasteiger partial charge >= 0.3 is 5.97 Å². The number of hydrogen-bond acceptors (Lipinski definition) is 5. The Labute approximate surface area is 134 Å². The summed E-state index contributed by atoms with van der Waals surface area (Å²) in [5.41, 5.74) is 0. The molecule has 1 aliphatic rings. The maximum Gasteiger partial charge on any atom is 0.320 e. The summed E-state index contributed by atoms with van der Waals surface area (Å²) in [5, 5.41) is 0. The lowest BCUT2D eigenvalue weighted by Gasteiger charge is -2.35. The molecule has 0 radical (unpaired) electrons. The molecule has 0 aromatic heterocycles. The summed E-state index contributed by atoms with van der Waals surface area (Å²) in [4.78, 5) is 24.7. The fourth-order valence-corrected chi connectivity index (χ4v) is 4.32. The van der Waals surface area contributed by atoms with Crippen molar-refractivity contribution in [1.82, 2.24) is 4.90 Å². The summed E-state index contributed by atoms with van der Waals surface area (Å²) in [7, 11) is -3.13. The summed E-state index contributed by atoms with van der Waals surface area (Å²) in [5.74, 6) is -1.45. The quantitative estimate of drug-likeness (QED) is 0.496. The Morgan fingerprint density at radius 1 is 1.33 bits per heavy atom. The molecule has 0 unspecified atom stereocenters. The van der Waals surface area contributed by atoms with Crippen molar-refractivity contribution in [1.29, 1.82) is 0 Å². The molecule has 1 rings (SSSR count). The Bertz CT molecular complexity index is 482. The number of hydrogen-bond donors (Lipinski definition) is 0. The Kier molecular flexibility index (Phi) is 7.23. The van der Waals surface area contributed by atoms with Crippen molar-refractivity contribution >= 4 is 44.9 Å². The lowest BCUT2D eigenvalue weighted by molar-refractivity contribution is -0.146. The minimum atomic E-state index is -3.13. The van der Waals surface area contributed by atoms with Crippen LogP contribution in [0.15, 0.2) is 0 Å². The van der Waals surface area contributed by atoms with Crippen LogP contribution in [-0.4, -0.2) is 67.2 Å². The number of sulfone groups is 1. The SMILES string of the molecule is CC[C@@H](COC(=O)CCl)N(C(=O)CCl)[C@@H]1CCS(=O)(=O)C1. The first-order valence-corrected chi connectivity index (χ1v) is 9.52. The molecule has 0 saturated carbocycles. The molecule has 0 aliphatic carbocycles. The van der Waals surface area contributed by atoms with Gasteiger partial charge in [0, 0.05) is 6.04 Å². The van der Waals surface area contributed by atoms with Crippen molar-refractivity contribution in [2.24, 2.45) is 0 Å². The van der Waals surface area contributed by atoms with E-state index in [-0.39, 0.29) is 35.8 Å². The molecule has 0 aromatic rings. The minimum Gasteiger partial charge on any atom is -0.463 e. The van der Waals surface area contributed by atoms with Crippen LogP contribution >= 0.6 is 23.2 Å². The number of carbonyl (C=O) groups excluding carboxylic acids is 2. The van der Waals surface area contributed by atoms with Gasteiger partial charge < -0.3 is 9.64 Å². The Morgan fingerprint density at radius 3 is 2.43 bits per heavy atom. The zero-order valence-corrected chi connectivity index (χ0v) is 14.1. The van der Waals surface area contributed by atoms with Crippen molar-refractivity contribution in [3.05, 3.63) is 0 Å². The number of ether oxygens (including phenoxy) is 1. The molecule has 1 fully saturated rings. The zero-order valence-electron chi connectivity index (χ0n) is 11.8. The number of esters is 1. The predicted molar refractivity (Wildman–Crippen MR) is 80.4 cm³/mol. The van der Waals surface area contributed by atoms with E-state index in [0.717, 1.165) is 0 Å². The molecule has 122 valence electrons. The highest BCUT2D eigenvalue weighted by Gasteiger charge is 2.37. The second-order valence-corrected chi connectivity index (χ2v) is 7.63. The maximum atomic E-state index is 12.1. The lowest BCUT2D eigenvalue weighted by atomic mass is 10.1. The van der Waals surface area contributed by atoms with Gasteiger partial charge in [0.05, 0.1) is 17.5 Å². The van der Waals surface area contributed by atoms with E-state index in [9.17, 15) is 18.0 Å². The monoisotopic (exact) mass is 359 g/mol. The van der Waals surface area contributed by atoms with Crippen molar-refractivity contribution in [3.63, 3.8) is 0 Å². The molecule has 2 atom stereocenters. The molecule has 0 aromatic carbocycles. The van der Waals surface area contributed by atoms with Crippen LogP contribution in [0.1, 0.15) is 19.8 Å². The zero-order chi connectivity index (χ0) is 16.0. The third-order valence-electron chi connectivity index (χ3n) is 3.41. The smallest absolute Gasteiger partial charge is 0.320 e. The molecule has 0 spiro atoms. The van der Waals surface area contributed by atoms with Gasteiger partial charge in [0.25, 0.3) is 0 Å². The number of halogens is 2. The normalized spacial score (nSPS) is 21.8. The van der Waals surface area contributed by atoms with E-state index >= 15 is 0 Å². The van der Waals surface area contributed by atoms with E-state index in [1.54, 1.807) is 0 Å². The van der Waals surface area contributed by atoms with Gasteiger partial charge in [0.1, 0.15) is 18.4 Å². The van der Waals surface area contributed by atoms with Crippen LogP contribution in [0.5, 0.6) is 0 Å². The number of alkyl halides is 2. The molecule has 21 heavy (non-hydrogen) atoms. The molecule has 1 amide bonds. The molecule has 1 saturated heterocycles. The molecular weight excluding hydrogens is 341 g/mol. The van der Waals surface area contributed by atoms with E-state index in [1.807, 2.05) is 6.92 Å². The highest BCUT2D eigenvalue weighted by Crippen LogP contribution is 2.22. The van der Waals surface area contributed by atoms with Gasteiger partial charge in [-0.3, -0.25) is 9.59 Å². The van der Waals surface area contributed by atoms with Crippen LogP contribution in [0.25, 0.3) is 0 Å². The molecule has 0 N–H and O–H groups in total. The number of nitrogens with zero attached hydrogens (tertiary/aromatic N) is 1. The second kappa shape index (κ2) is 8.19. The van der Waals surface area contributed by atoms with E-state index in [4.69, 9.17) is 27.9 Å². The Hall–Kier alpha value is -0.530. The first kappa shape index (κ1) is 18.5. The highest BCUT2D eigenvalue weighted by molar-refractivity contribution is 7.91. The van der Waals surface area contributed by atoms with E-state index in [0.29, 0.717) is 12.8 Å². The highest BCUT2D eigenvalue weighted by atomic mass is 35.5. The fourth-order valence-electron chi connectivity index (χ4n) is 2.39. The van der Waals surface area contributed by atoms with E-state index in [2.05, 4.69) is 0 Å². The standard InChI is InChI=1S/C12H19Cl2NO5S/c1-2-9(7-20-12(17)6-14)15(11(16)5-13)10-3-4-21(18,19)8-10/h9-10H,2-8H2,1H3/t9-,10+/m0/s1. The largest absolute Gasteiger partial charge is 0.463 e. The molecule has 0 bridgehead atoms. The van der Waals surface area contributed by atoms with Gasteiger partial charge in [0.15, 0.2) is 9.84 Å². The van der Waals surface area contributed by atoms with Gasteiger partial charge in [-0.05, 0) is 12.8 Å². The average Bonchev–Trinajstić information content (AvgIpc) is 2.81. The molecule has 9 heteroatoms. The topological polar surface area (TPSA) is 80.8 Å². The lowest BCUT2D eigenvalue weighted by Crippen LogP contribution is -2.50. The third kappa shape index (κ3) is 5.30. The molecule has 1 heterocycles. The fraction of sp³-hybridized carbons (Fsp3) is 0.833. The third-order valence-corrected chi connectivity index (χ3v) is 5.61. The average molecular weight is 360 g/mol. The molecular formula is C12H19Cl2NO5S. The van der Waals surface area contributed by atoms with Crippen molar-refractivity contribution in [2.45, 2.75) is 31.8 Å². The van der Waals surface area contributed by atoms with Gasteiger partial charge in [-0.1, -0.05) is 6.92 Å². The van der Waals surface area contributed by atoms with Gasteiger partial charge in [-0.2, -0.15) is 0 Å². The predicted octanol–water partition coefficient (Wildman–Crippen LogP) is 0.802. The number of rotatable bonds is 7. The van der Waals surface area contributed by atoms with E-state index < -0.39 is 27.9 Å². The first-order valence-electron chi connectivity index (χ1n) is 6.63. The van der Waals surface area contributed by atoms with Crippen LogP contribution in [0, 0.1) is 0 Å². The van der Waals surface area contributed by atoms with Crippen LogP contribution in [0.4, 0.5) is 0 Å². The summed E-state index contributed by atoms with van der Waals surface area (Å²) >= 11 is 11.0. The Balaban J connectivity index is 2.84. The number of amides is 1. The minimum absolute atomic E-state index is 0.0127. The molecule has 1 aliphatic heterocycles. The van der Waals surface area contributed by atoms with Crippen LogP contribution in [0.2, 0.25) is 0 Å². The maximum absolute atomic E-state index is 12.1.